The number of carbonyl (C=O) groups excluding carboxylic acids is 1. The molecule has 0 rings (SSSR count). The van der Waals surface area contributed by atoms with E-state index in [4.69, 9.17) is 4.55 Å². The molecule has 0 aliphatic rings. The summed E-state index contributed by atoms with van der Waals surface area (Å²) in [5, 5.41) is 0. The molecule has 2 unspecified atom stereocenters. The number of halogens is 1. The van der Waals surface area contributed by atoms with E-state index in [1.807, 2.05) is 0 Å². The highest BCUT2D eigenvalue weighted by Crippen LogP contribution is 2.11. The quantitative estimate of drug-likeness (QED) is 0.433. The molecular weight excluding hydrogens is 215 g/mol. The molecule has 0 radical (unpaired) electrons. The zero-order valence-electron chi connectivity index (χ0n) is 7.73. The Hall–Kier alpha value is -0.950. The first-order chi connectivity index (χ1) is 6.16. The van der Waals surface area contributed by atoms with Gasteiger partial charge in [-0.15, -0.1) is 0 Å². The SMILES string of the molecule is C=C(C)C(=O)OC(C)C(F)S(=O)(=O)O. The topological polar surface area (TPSA) is 80.7 Å². The minimum absolute atomic E-state index is 0.0133. The van der Waals surface area contributed by atoms with E-state index in [1.165, 1.54) is 6.92 Å². The fraction of sp³-hybridized carbons (Fsp3) is 0.571. The Morgan fingerprint density at radius 2 is 2.00 bits per heavy atom. The van der Waals surface area contributed by atoms with Crippen LogP contribution in [0.3, 0.4) is 0 Å². The van der Waals surface area contributed by atoms with E-state index < -0.39 is 27.7 Å². The molecule has 5 nitrogen and oxygen atoms in total. The normalized spacial score (nSPS) is 15.7. The summed E-state index contributed by atoms with van der Waals surface area (Å²) in [7, 11) is -4.85. The van der Waals surface area contributed by atoms with Crippen LogP contribution in [0.1, 0.15) is 13.8 Å². The maximum atomic E-state index is 12.8. The second-order valence-corrected chi connectivity index (χ2v) is 4.24. The molecule has 0 aromatic heterocycles. The van der Waals surface area contributed by atoms with Gasteiger partial charge in [-0.3, -0.25) is 4.55 Å². The van der Waals surface area contributed by atoms with Crippen molar-refractivity contribution in [2.75, 3.05) is 0 Å². The van der Waals surface area contributed by atoms with Crippen molar-refractivity contribution in [1.29, 1.82) is 0 Å². The highest BCUT2D eigenvalue weighted by atomic mass is 32.2. The first-order valence-electron chi connectivity index (χ1n) is 3.63. The van der Waals surface area contributed by atoms with Crippen LogP contribution >= 0.6 is 0 Å². The summed E-state index contributed by atoms with van der Waals surface area (Å²) in [4.78, 5) is 10.8. The molecule has 0 heterocycles. The molecule has 7 heteroatoms. The van der Waals surface area contributed by atoms with Crippen LogP contribution in [0.5, 0.6) is 0 Å². The lowest BCUT2D eigenvalue weighted by molar-refractivity contribution is -0.144. The molecule has 0 spiro atoms. The second kappa shape index (κ2) is 4.52. The van der Waals surface area contributed by atoms with E-state index in [0.29, 0.717) is 0 Å². The number of carbonyl (C=O) groups is 1. The van der Waals surface area contributed by atoms with Crippen LogP contribution < -0.4 is 0 Å². The molecule has 0 saturated carbocycles. The van der Waals surface area contributed by atoms with Gasteiger partial charge in [0.2, 0.25) is 0 Å². The van der Waals surface area contributed by atoms with Gasteiger partial charge >= 0.3 is 16.1 Å². The Labute approximate surface area is 81.3 Å². The molecule has 0 aliphatic heterocycles. The Morgan fingerprint density at radius 3 is 2.29 bits per heavy atom. The zero-order valence-corrected chi connectivity index (χ0v) is 8.54. The Balaban J connectivity index is 4.44. The van der Waals surface area contributed by atoms with Gasteiger partial charge in [-0.2, -0.15) is 8.42 Å². The molecule has 14 heavy (non-hydrogen) atoms. The molecule has 1 N–H and O–H groups in total. The predicted molar refractivity (Wildman–Crippen MR) is 46.8 cm³/mol. The third kappa shape index (κ3) is 3.84. The molecular formula is C7H11FO5S. The first kappa shape index (κ1) is 13.1. The molecule has 82 valence electrons. The van der Waals surface area contributed by atoms with Gasteiger partial charge in [0, 0.05) is 5.57 Å². The third-order valence-corrected chi connectivity index (χ3v) is 2.25. The molecule has 0 aromatic rings. The highest BCUT2D eigenvalue weighted by Gasteiger charge is 2.31. The molecule has 0 aromatic carbocycles. The number of esters is 1. The van der Waals surface area contributed by atoms with Crippen LogP contribution in [-0.4, -0.2) is 30.5 Å². The van der Waals surface area contributed by atoms with Crippen LogP contribution in [0.2, 0.25) is 0 Å². The lowest BCUT2D eigenvalue weighted by atomic mass is 10.3. The van der Waals surface area contributed by atoms with Crippen LogP contribution in [0, 0.1) is 0 Å². The smallest absolute Gasteiger partial charge is 0.333 e. The average molecular weight is 226 g/mol. The number of rotatable bonds is 4. The summed E-state index contributed by atoms with van der Waals surface area (Å²) < 4.78 is 46.0. The maximum Gasteiger partial charge on any atom is 0.333 e. The first-order valence-corrected chi connectivity index (χ1v) is 5.13. The summed E-state index contributed by atoms with van der Waals surface area (Å²) >= 11 is 0. The van der Waals surface area contributed by atoms with E-state index in [0.717, 1.165) is 6.92 Å². The van der Waals surface area contributed by atoms with E-state index in [2.05, 4.69) is 11.3 Å². The van der Waals surface area contributed by atoms with Gasteiger partial charge in [0.1, 0.15) is 6.10 Å². The molecule has 0 fully saturated rings. The fourth-order valence-corrected chi connectivity index (χ4v) is 1.11. The van der Waals surface area contributed by atoms with Gasteiger partial charge < -0.3 is 4.74 Å². The van der Waals surface area contributed by atoms with Crippen molar-refractivity contribution in [2.45, 2.75) is 25.5 Å². The van der Waals surface area contributed by atoms with Crippen molar-refractivity contribution in [3.05, 3.63) is 12.2 Å². The van der Waals surface area contributed by atoms with E-state index in [1.54, 1.807) is 0 Å². The van der Waals surface area contributed by atoms with Crippen LogP contribution in [0.4, 0.5) is 4.39 Å². The molecule has 0 aliphatic carbocycles. The largest absolute Gasteiger partial charge is 0.455 e. The minimum atomic E-state index is -4.85. The van der Waals surface area contributed by atoms with Crippen LogP contribution in [0.25, 0.3) is 0 Å². The number of hydrogen-bond donors (Lipinski definition) is 1. The molecule has 0 saturated heterocycles. The predicted octanol–water partition coefficient (Wildman–Crippen LogP) is 0.678. The summed E-state index contributed by atoms with van der Waals surface area (Å²) in [5.74, 6) is -0.913. The van der Waals surface area contributed by atoms with Gasteiger partial charge in [-0.25, -0.2) is 9.18 Å². The Bertz CT molecular complexity index is 334. The lowest BCUT2D eigenvalue weighted by Crippen LogP contribution is -2.31. The van der Waals surface area contributed by atoms with E-state index in [9.17, 15) is 17.6 Å². The van der Waals surface area contributed by atoms with Crippen molar-refractivity contribution in [2.24, 2.45) is 0 Å². The van der Waals surface area contributed by atoms with Gasteiger partial charge in [0.25, 0.3) is 5.50 Å². The lowest BCUT2D eigenvalue weighted by Gasteiger charge is -2.14. The standard InChI is InChI=1S/C7H11FO5S/c1-4(2)7(9)13-5(3)6(8)14(10,11)12/h5-6H,1H2,2-3H3,(H,10,11,12). The van der Waals surface area contributed by atoms with Crippen molar-refractivity contribution < 1.29 is 26.9 Å². The Morgan fingerprint density at radius 1 is 1.57 bits per heavy atom. The van der Waals surface area contributed by atoms with Gasteiger partial charge in [-0.1, -0.05) is 6.58 Å². The summed E-state index contributed by atoms with van der Waals surface area (Å²) in [6.45, 7) is 5.56. The van der Waals surface area contributed by atoms with E-state index in [-0.39, 0.29) is 5.57 Å². The van der Waals surface area contributed by atoms with Gasteiger partial charge in [0.15, 0.2) is 0 Å². The van der Waals surface area contributed by atoms with Crippen LogP contribution in [-0.2, 0) is 19.6 Å². The summed E-state index contributed by atoms with van der Waals surface area (Å²) in [6, 6.07) is 0. The van der Waals surface area contributed by atoms with Crippen molar-refractivity contribution in [1.82, 2.24) is 0 Å². The molecule has 2 atom stereocenters. The minimum Gasteiger partial charge on any atom is -0.455 e. The highest BCUT2D eigenvalue weighted by molar-refractivity contribution is 7.86. The number of ether oxygens (including phenoxy) is 1. The number of alkyl halides is 1. The van der Waals surface area contributed by atoms with Gasteiger partial charge in [0.05, 0.1) is 0 Å². The monoisotopic (exact) mass is 226 g/mol. The van der Waals surface area contributed by atoms with Crippen molar-refractivity contribution >= 4 is 16.1 Å². The Kier molecular flexibility index (Phi) is 4.21. The summed E-state index contributed by atoms with van der Waals surface area (Å²) in [5.41, 5.74) is -2.63. The van der Waals surface area contributed by atoms with Crippen molar-refractivity contribution in [3.8, 4) is 0 Å². The second-order valence-electron chi connectivity index (χ2n) is 2.76. The van der Waals surface area contributed by atoms with Gasteiger partial charge in [-0.05, 0) is 13.8 Å². The third-order valence-electron chi connectivity index (χ3n) is 1.30. The summed E-state index contributed by atoms with van der Waals surface area (Å²) in [6.07, 6.45) is -1.57. The maximum absolute atomic E-state index is 12.8. The van der Waals surface area contributed by atoms with Crippen molar-refractivity contribution in [3.63, 3.8) is 0 Å². The van der Waals surface area contributed by atoms with E-state index >= 15 is 0 Å². The zero-order chi connectivity index (χ0) is 11.5. The molecule has 0 bridgehead atoms. The fourth-order valence-electron chi connectivity index (χ4n) is 0.565. The average Bonchev–Trinajstić information content (AvgIpc) is 2.00. The van der Waals surface area contributed by atoms with Crippen LogP contribution in [0.15, 0.2) is 12.2 Å². The number of hydrogen-bond acceptors (Lipinski definition) is 4. The molecule has 0 amide bonds.